The van der Waals surface area contributed by atoms with Crippen LogP contribution >= 0.6 is 11.3 Å². The van der Waals surface area contributed by atoms with Gasteiger partial charge in [-0.2, -0.15) is 0 Å². The number of aromatic amines is 1. The third-order valence-corrected chi connectivity index (χ3v) is 8.85. The summed E-state index contributed by atoms with van der Waals surface area (Å²) in [5, 5.41) is 2.79. The lowest BCUT2D eigenvalue weighted by Gasteiger charge is -2.22. The number of fused-ring (bicyclic) bond motifs is 11. The Kier molecular flexibility index (Phi) is 2.86. The van der Waals surface area contributed by atoms with E-state index in [0.717, 1.165) is 0 Å². The number of aromatic nitrogens is 1. The molecule has 0 unspecified atom stereocenters. The molecule has 0 atom stereocenters. The fourth-order valence-corrected chi connectivity index (χ4v) is 7.72. The quantitative estimate of drug-likeness (QED) is 0.269. The minimum atomic E-state index is 0.0176. The highest BCUT2D eigenvalue weighted by atomic mass is 32.1. The summed E-state index contributed by atoms with van der Waals surface area (Å²) in [6.45, 7) is 9.48. The summed E-state index contributed by atoms with van der Waals surface area (Å²) in [5.41, 5.74) is 11.3. The van der Waals surface area contributed by atoms with Crippen LogP contribution in [0.1, 0.15) is 49.9 Å². The van der Waals surface area contributed by atoms with Crippen LogP contribution in [0.2, 0.25) is 0 Å². The van der Waals surface area contributed by atoms with Crippen LogP contribution in [-0.2, 0) is 10.8 Å². The van der Waals surface area contributed by atoms with Gasteiger partial charge in [0.05, 0.1) is 15.9 Å². The number of benzene rings is 3. The Balaban J connectivity index is 1.61. The van der Waals surface area contributed by atoms with Crippen molar-refractivity contribution in [2.24, 2.45) is 0 Å². The van der Waals surface area contributed by atoms with Gasteiger partial charge >= 0.3 is 0 Å². The fourth-order valence-electron chi connectivity index (χ4n) is 6.22. The van der Waals surface area contributed by atoms with Crippen molar-refractivity contribution in [1.82, 2.24) is 4.98 Å². The lowest BCUT2D eigenvalue weighted by Crippen LogP contribution is -2.15. The van der Waals surface area contributed by atoms with E-state index < -0.39 is 0 Å². The molecule has 0 radical (unpaired) electrons. The molecule has 0 spiro atoms. The average molecular weight is 406 g/mol. The van der Waals surface area contributed by atoms with E-state index in [1.54, 1.807) is 0 Å². The van der Waals surface area contributed by atoms with E-state index >= 15 is 0 Å². The van der Waals surface area contributed by atoms with Gasteiger partial charge in [-0.3, -0.25) is 0 Å². The molecule has 0 aliphatic heterocycles. The molecular formula is C28H23NS. The monoisotopic (exact) mass is 405 g/mol. The zero-order chi connectivity index (χ0) is 20.4. The normalized spacial score (nSPS) is 17.2. The predicted octanol–water partition coefficient (Wildman–Crippen LogP) is 8.00. The number of H-pyrrole nitrogens is 1. The molecule has 2 aliphatic carbocycles. The third-order valence-electron chi connectivity index (χ3n) is 7.59. The maximum atomic E-state index is 3.88. The summed E-state index contributed by atoms with van der Waals surface area (Å²) in [6.07, 6.45) is 0. The predicted molar refractivity (Wildman–Crippen MR) is 129 cm³/mol. The van der Waals surface area contributed by atoms with Crippen LogP contribution in [0.15, 0.2) is 60.7 Å². The Morgan fingerprint density at radius 3 is 2.03 bits per heavy atom. The Morgan fingerprint density at radius 1 is 0.667 bits per heavy atom. The van der Waals surface area contributed by atoms with Gasteiger partial charge in [-0.1, -0.05) is 88.4 Å². The van der Waals surface area contributed by atoms with E-state index in [1.165, 1.54) is 64.9 Å². The van der Waals surface area contributed by atoms with E-state index in [4.69, 9.17) is 0 Å². The van der Waals surface area contributed by atoms with E-state index in [0.29, 0.717) is 0 Å². The van der Waals surface area contributed by atoms with E-state index in [-0.39, 0.29) is 10.8 Å². The second-order valence-electron chi connectivity index (χ2n) is 9.89. The summed E-state index contributed by atoms with van der Waals surface area (Å²) >= 11 is 1.97. The standard InChI is InChI=1S/C28H23NS/c1-27(2)19-11-7-5-9-15(19)23-21(27)17-13-14-18-22-25(30-26(18)24(17)29-23)16-10-6-8-12-20(16)28(22,3)4/h5-14,29H,1-4H3. The van der Waals surface area contributed by atoms with Gasteiger partial charge in [-0.25, -0.2) is 0 Å². The number of hydrogen-bond donors (Lipinski definition) is 1. The summed E-state index contributed by atoms with van der Waals surface area (Å²) < 4.78 is 1.41. The number of hydrogen-bond acceptors (Lipinski definition) is 1. The van der Waals surface area contributed by atoms with Gasteiger partial charge in [0.1, 0.15) is 0 Å². The van der Waals surface area contributed by atoms with Crippen LogP contribution in [0, 0.1) is 0 Å². The van der Waals surface area contributed by atoms with Crippen molar-refractivity contribution in [3.05, 3.63) is 82.9 Å². The Hall–Kier alpha value is -2.84. The zero-order valence-electron chi connectivity index (χ0n) is 17.7. The summed E-state index contributed by atoms with van der Waals surface area (Å²) in [7, 11) is 0. The van der Waals surface area contributed by atoms with E-state index in [9.17, 15) is 0 Å². The zero-order valence-corrected chi connectivity index (χ0v) is 18.5. The first kappa shape index (κ1) is 16.9. The molecule has 0 fully saturated rings. The van der Waals surface area contributed by atoms with Crippen LogP contribution < -0.4 is 0 Å². The molecule has 2 aliphatic rings. The van der Waals surface area contributed by atoms with Crippen molar-refractivity contribution >= 4 is 32.3 Å². The highest BCUT2D eigenvalue weighted by Crippen LogP contribution is 2.58. The molecule has 5 aromatic rings. The topological polar surface area (TPSA) is 15.8 Å². The van der Waals surface area contributed by atoms with Gasteiger partial charge in [-0.05, 0) is 33.2 Å². The number of nitrogens with one attached hydrogen (secondary N) is 1. The molecule has 1 N–H and O–H groups in total. The minimum Gasteiger partial charge on any atom is -0.353 e. The highest BCUT2D eigenvalue weighted by Gasteiger charge is 2.41. The molecule has 2 heterocycles. The molecule has 2 aromatic heterocycles. The van der Waals surface area contributed by atoms with Gasteiger partial charge < -0.3 is 4.98 Å². The van der Waals surface area contributed by atoms with Gasteiger partial charge in [0, 0.05) is 26.7 Å². The second kappa shape index (κ2) is 5.07. The van der Waals surface area contributed by atoms with Gasteiger partial charge in [-0.15, -0.1) is 11.3 Å². The first-order valence-electron chi connectivity index (χ1n) is 10.7. The van der Waals surface area contributed by atoms with Crippen molar-refractivity contribution in [2.75, 3.05) is 0 Å². The van der Waals surface area contributed by atoms with Crippen LogP contribution in [0.4, 0.5) is 0 Å². The molecule has 2 heteroatoms. The molecule has 1 nitrogen and oxygen atoms in total. The van der Waals surface area contributed by atoms with E-state index in [1.807, 2.05) is 11.3 Å². The molecule has 0 saturated heterocycles. The van der Waals surface area contributed by atoms with Crippen molar-refractivity contribution < 1.29 is 0 Å². The van der Waals surface area contributed by atoms with Crippen LogP contribution in [0.3, 0.4) is 0 Å². The maximum Gasteiger partial charge on any atom is 0.0643 e. The smallest absolute Gasteiger partial charge is 0.0643 e. The highest BCUT2D eigenvalue weighted by molar-refractivity contribution is 7.23. The summed E-state index contributed by atoms with van der Waals surface area (Å²) in [4.78, 5) is 5.33. The van der Waals surface area contributed by atoms with Crippen LogP contribution in [0.5, 0.6) is 0 Å². The van der Waals surface area contributed by atoms with Gasteiger partial charge in [0.2, 0.25) is 0 Å². The van der Waals surface area contributed by atoms with Crippen LogP contribution in [0.25, 0.3) is 42.7 Å². The maximum absolute atomic E-state index is 3.88. The Morgan fingerprint density at radius 2 is 1.27 bits per heavy atom. The van der Waals surface area contributed by atoms with Crippen molar-refractivity contribution in [2.45, 2.75) is 38.5 Å². The Labute approximate surface area is 180 Å². The lowest BCUT2D eigenvalue weighted by molar-refractivity contribution is 0.666. The third kappa shape index (κ3) is 1.73. The van der Waals surface area contributed by atoms with Crippen molar-refractivity contribution in [1.29, 1.82) is 0 Å². The van der Waals surface area contributed by atoms with Gasteiger partial charge in [0.25, 0.3) is 0 Å². The molecule has 0 saturated carbocycles. The number of thiophene rings is 1. The number of rotatable bonds is 0. The fraction of sp³-hybridized carbons (Fsp3) is 0.214. The van der Waals surface area contributed by atoms with E-state index in [2.05, 4.69) is 93.3 Å². The van der Waals surface area contributed by atoms with Gasteiger partial charge in [0.15, 0.2) is 0 Å². The molecule has 146 valence electrons. The molecule has 0 amide bonds. The molecule has 3 aromatic carbocycles. The molecule has 0 bridgehead atoms. The lowest BCUT2D eigenvalue weighted by atomic mass is 9.80. The van der Waals surface area contributed by atoms with Crippen molar-refractivity contribution in [3.8, 4) is 21.7 Å². The molecular weight excluding hydrogens is 382 g/mol. The first-order chi connectivity index (χ1) is 14.4. The van der Waals surface area contributed by atoms with Crippen molar-refractivity contribution in [3.63, 3.8) is 0 Å². The minimum absolute atomic E-state index is 0.0176. The SMILES string of the molecule is CC1(C)c2ccccc2-c2[nH]c3c(ccc4c5c(sc43)-c3ccccc3C5(C)C)c21. The largest absolute Gasteiger partial charge is 0.353 e. The van der Waals surface area contributed by atoms with Crippen LogP contribution in [-0.4, -0.2) is 4.98 Å². The Bertz CT molecular complexity index is 1420. The molecule has 7 rings (SSSR count). The second-order valence-corrected chi connectivity index (χ2v) is 10.9. The molecule has 30 heavy (non-hydrogen) atoms. The summed E-state index contributed by atoms with van der Waals surface area (Å²) in [5.74, 6) is 0. The summed E-state index contributed by atoms with van der Waals surface area (Å²) in [6, 6.07) is 22.6. The average Bonchev–Trinajstić information content (AvgIpc) is 3.42. The first-order valence-corrected chi connectivity index (χ1v) is 11.5.